The molecule has 0 bridgehead atoms. The number of ether oxygens (including phenoxy) is 2. The maximum absolute atomic E-state index is 12.0. The highest BCUT2D eigenvalue weighted by Crippen LogP contribution is 2.37. The second-order valence-corrected chi connectivity index (χ2v) is 6.52. The van der Waals surface area contributed by atoms with E-state index in [1.807, 2.05) is 20.8 Å². The van der Waals surface area contributed by atoms with Gasteiger partial charge in [0.25, 0.3) is 0 Å². The Bertz CT molecular complexity index is 509. The Morgan fingerprint density at radius 1 is 1.25 bits per heavy atom. The molecule has 1 aromatic carbocycles. The average molecular weight is 298 g/mol. The fraction of sp³-hybridized carbons (Fsp3) is 0.533. The summed E-state index contributed by atoms with van der Waals surface area (Å²) in [6, 6.07) is 3.42. The molecular formula is C15H20ClNO3. The minimum Gasteiger partial charge on any atom is -0.490 e. The summed E-state index contributed by atoms with van der Waals surface area (Å²) in [5, 5.41) is 3.29. The molecule has 1 aliphatic rings. The van der Waals surface area contributed by atoms with Crippen molar-refractivity contribution in [1.82, 2.24) is 0 Å². The van der Waals surface area contributed by atoms with Crippen LogP contribution < -0.4 is 14.8 Å². The molecule has 1 amide bonds. The summed E-state index contributed by atoms with van der Waals surface area (Å²) in [4.78, 5) is 12.0. The largest absolute Gasteiger partial charge is 0.490 e. The third-order valence-corrected chi connectivity index (χ3v) is 3.11. The van der Waals surface area contributed by atoms with Gasteiger partial charge in [-0.2, -0.15) is 0 Å². The molecule has 0 saturated heterocycles. The summed E-state index contributed by atoms with van der Waals surface area (Å²) in [7, 11) is 0. The van der Waals surface area contributed by atoms with Crippen LogP contribution in [-0.2, 0) is 4.79 Å². The number of rotatable bonds is 2. The normalized spacial score (nSPS) is 14.6. The smallest absolute Gasteiger partial charge is 0.224 e. The Hall–Kier alpha value is -1.42. The molecule has 5 heteroatoms. The number of carbonyl (C=O) groups excluding carboxylic acids is 1. The van der Waals surface area contributed by atoms with Crippen LogP contribution in [0.15, 0.2) is 12.1 Å². The highest BCUT2D eigenvalue weighted by atomic mass is 35.5. The number of carbonyl (C=O) groups is 1. The number of anilines is 1. The molecule has 1 heterocycles. The topological polar surface area (TPSA) is 47.6 Å². The minimum absolute atomic E-state index is 0.0612. The van der Waals surface area contributed by atoms with Crippen molar-refractivity contribution >= 4 is 23.2 Å². The van der Waals surface area contributed by atoms with E-state index in [-0.39, 0.29) is 11.3 Å². The Labute approximate surface area is 124 Å². The molecule has 0 atom stereocenters. The van der Waals surface area contributed by atoms with Gasteiger partial charge in [0.2, 0.25) is 5.91 Å². The van der Waals surface area contributed by atoms with Crippen LogP contribution >= 0.6 is 11.6 Å². The lowest BCUT2D eigenvalue weighted by Crippen LogP contribution is -2.19. The molecule has 1 N–H and O–H groups in total. The van der Waals surface area contributed by atoms with Gasteiger partial charge in [-0.3, -0.25) is 4.79 Å². The van der Waals surface area contributed by atoms with E-state index in [1.165, 1.54) is 0 Å². The summed E-state index contributed by atoms with van der Waals surface area (Å²) in [6.45, 7) is 7.26. The van der Waals surface area contributed by atoms with E-state index in [1.54, 1.807) is 12.1 Å². The predicted molar refractivity (Wildman–Crippen MR) is 79.8 cm³/mol. The molecule has 0 unspecified atom stereocenters. The number of nitrogens with one attached hydrogen (secondary N) is 1. The van der Waals surface area contributed by atoms with Crippen molar-refractivity contribution in [1.29, 1.82) is 0 Å². The first-order valence-electron chi connectivity index (χ1n) is 6.74. The Kier molecular flexibility index (Phi) is 4.43. The van der Waals surface area contributed by atoms with Crippen LogP contribution in [0, 0.1) is 5.41 Å². The first-order valence-corrected chi connectivity index (χ1v) is 7.12. The van der Waals surface area contributed by atoms with Gasteiger partial charge in [0.15, 0.2) is 11.5 Å². The van der Waals surface area contributed by atoms with Gasteiger partial charge in [-0.15, -0.1) is 0 Å². The van der Waals surface area contributed by atoms with Gasteiger partial charge in [-0.25, -0.2) is 0 Å². The van der Waals surface area contributed by atoms with E-state index in [9.17, 15) is 4.79 Å². The summed E-state index contributed by atoms with van der Waals surface area (Å²) >= 11 is 6.18. The van der Waals surface area contributed by atoms with E-state index < -0.39 is 0 Å². The van der Waals surface area contributed by atoms with Gasteiger partial charge in [0, 0.05) is 25.0 Å². The Morgan fingerprint density at radius 3 is 2.45 bits per heavy atom. The predicted octanol–water partition coefficient (Wildman–Crippen LogP) is 3.88. The Balaban J connectivity index is 2.16. The molecule has 110 valence electrons. The lowest BCUT2D eigenvalue weighted by atomic mass is 9.92. The number of hydrogen-bond acceptors (Lipinski definition) is 3. The average Bonchev–Trinajstić information content (AvgIpc) is 2.52. The maximum Gasteiger partial charge on any atom is 0.224 e. The molecule has 0 saturated carbocycles. The fourth-order valence-electron chi connectivity index (χ4n) is 1.96. The van der Waals surface area contributed by atoms with E-state index in [0.717, 1.165) is 6.42 Å². The maximum atomic E-state index is 12.0. The zero-order chi connectivity index (χ0) is 14.8. The highest BCUT2D eigenvalue weighted by molar-refractivity contribution is 6.34. The van der Waals surface area contributed by atoms with Crippen LogP contribution in [0.3, 0.4) is 0 Å². The van der Waals surface area contributed by atoms with E-state index in [0.29, 0.717) is 41.8 Å². The van der Waals surface area contributed by atoms with Crippen LogP contribution in [0.4, 0.5) is 5.69 Å². The quantitative estimate of drug-likeness (QED) is 0.901. The van der Waals surface area contributed by atoms with E-state index in [2.05, 4.69) is 5.32 Å². The number of fused-ring (bicyclic) bond motifs is 1. The van der Waals surface area contributed by atoms with Crippen LogP contribution in [0.2, 0.25) is 5.02 Å². The SMILES string of the molecule is CC(C)(C)CC(=O)Nc1cc2c(cc1Cl)OCCCO2. The first-order chi connectivity index (χ1) is 9.35. The third kappa shape index (κ3) is 4.04. The third-order valence-electron chi connectivity index (χ3n) is 2.80. The standard InChI is InChI=1S/C15H20ClNO3/c1-15(2,3)9-14(18)17-11-8-13-12(7-10(11)16)19-5-4-6-20-13/h7-8H,4-6,9H2,1-3H3,(H,17,18). The van der Waals surface area contributed by atoms with Gasteiger partial charge < -0.3 is 14.8 Å². The lowest BCUT2D eigenvalue weighted by Gasteiger charge is -2.18. The van der Waals surface area contributed by atoms with Crippen LogP contribution in [-0.4, -0.2) is 19.1 Å². The van der Waals surface area contributed by atoms with Crippen LogP contribution in [0.5, 0.6) is 11.5 Å². The van der Waals surface area contributed by atoms with Crippen molar-refractivity contribution in [2.75, 3.05) is 18.5 Å². The van der Waals surface area contributed by atoms with Gasteiger partial charge in [-0.1, -0.05) is 32.4 Å². The number of hydrogen-bond donors (Lipinski definition) is 1. The summed E-state index contributed by atoms with van der Waals surface area (Å²) in [5.74, 6) is 1.19. The van der Waals surface area contributed by atoms with Crippen LogP contribution in [0.1, 0.15) is 33.6 Å². The minimum atomic E-state index is -0.0676. The molecule has 4 nitrogen and oxygen atoms in total. The molecule has 0 radical (unpaired) electrons. The Morgan fingerprint density at radius 2 is 1.85 bits per heavy atom. The zero-order valence-electron chi connectivity index (χ0n) is 12.1. The number of amides is 1. The lowest BCUT2D eigenvalue weighted by molar-refractivity contribution is -0.117. The van der Waals surface area contributed by atoms with Gasteiger partial charge >= 0.3 is 0 Å². The summed E-state index contributed by atoms with van der Waals surface area (Å²) in [6.07, 6.45) is 1.26. The molecule has 0 fully saturated rings. The molecular weight excluding hydrogens is 278 g/mol. The molecule has 20 heavy (non-hydrogen) atoms. The fourth-order valence-corrected chi connectivity index (χ4v) is 2.16. The summed E-state index contributed by atoms with van der Waals surface area (Å²) in [5.41, 5.74) is 0.493. The van der Waals surface area contributed by atoms with Crippen molar-refractivity contribution < 1.29 is 14.3 Å². The zero-order valence-corrected chi connectivity index (χ0v) is 12.8. The number of halogens is 1. The molecule has 1 aliphatic heterocycles. The van der Waals surface area contributed by atoms with Gasteiger partial charge in [-0.05, 0) is 5.41 Å². The van der Waals surface area contributed by atoms with E-state index in [4.69, 9.17) is 21.1 Å². The van der Waals surface area contributed by atoms with Crippen molar-refractivity contribution in [3.8, 4) is 11.5 Å². The molecule has 0 aliphatic carbocycles. The molecule has 1 aromatic rings. The van der Waals surface area contributed by atoms with Crippen molar-refractivity contribution in [3.63, 3.8) is 0 Å². The first kappa shape index (κ1) is 15.0. The van der Waals surface area contributed by atoms with E-state index >= 15 is 0 Å². The molecule has 0 aromatic heterocycles. The van der Waals surface area contributed by atoms with Crippen molar-refractivity contribution in [3.05, 3.63) is 17.2 Å². The van der Waals surface area contributed by atoms with Gasteiger partial charge in [0.1, 0.15) is 0 Å². The van der Waals surface area contributed by atoms with Crippen LogP contribution in [0.25, 0.3) is 0 Å². The second-order valence-electron chi connectivity index (χ2n) is 6.11. The highest BCUT2D eigenvalue weighted by Gasteiger charge is 2.19. The molecule has 2 rings (SSSR count). The molecule has 0 spiro atoms. The van der Waals surface area contributed by atoms with Crippen molar-refractivity contribution in [2.24, 2.45) is 5.41 Å². The number of benzene rings is 1. The summed E-state index contributed by atoms with van der Waals surface area (Å²) < 4.78 is 11.1. The van der Waals surface area contributed by atoms with Crippen molar-refractivity contribution in [2.45, 2.75) is 33.6 Å². The monoisotopic (exact) mass is 297 g/mol. The second kappa shape index (κ2) is 5.92. The van der Waals surface area contributed by atoms with Gasteiger partial charge in [0.05, 0.1) is 23.9 Å².